The lowest BCUT2D eigenvalue weighted by Gasteiger charge is -2.20. The summed E-state index contributed by atoms with van der Waals surface area (Å²) in [6, 6.07) is 0. The van der Waals surface area contributed by atoms with Gasteiger partial charge in [0, 0.05) is 0 Å². The Balaban J connectivity index is 3.36. The smallest absolute Gasteiger partial charge is 0.132 e. The molecule has 0 aliphatic carbocycles. The van der Waals surface area contributed by atoms with Gasteiger partial charge < -0.3 is 5.32 Å². The van der Waals surface area contributed by atoms with Crippen molar-refractivity contribution in [1.82, 2.24) is 5.32 Å². The fourth-order valence-corrected chi connectivity index (χ4v) is 0.144. The molecule has 0 fully saturated rings. The maximum atomic E-state index is 3.14. The van der Waals surface area contributed by atoms with Crippen molar-refractivity contribution in [2.24, 2.45) is 0 Å². The number of nitrogens with one attached hydrogen (secondary N) is 1. The average molecular weight is 98.0 g/mol. The minimum Gasteiger partial charge on any atom is -0.322 e. The van der Waals surface area contributed by atoms with Crippen LogP contribution in [0.5, 0.6) is 0 Å². The first-order chi connectivity index (χ1) is 3.12. The van der Waals surface area contributed by atoms with E-state index in [4.69, 9.17) is 0 Å². The molecule has 0 saturated carbocycles. The third-order valence-electron chi connectivity index (χ3n) is 1.37. The molecule has 0 aliphatic heterocycles. The Bertz CT molecular complexity index is 46.0. The second-order valence-electron chi connectivity index (χ2n) is 2.26. The van der Waals surface area contributed by atoms with E-state index < -0.39 is 0 Å². The van der Waals surface area contributed by atoms with E-state index in [1.54, 1.807) is 0 Å². The van der Waals surface area contributed by atoms with Gasteiger partial charge in [-0.15, -0.1) is 0 Å². The van der Waals surface area contributed by atoms with Crippen LogP contribution in [0.25, 0.3) is 0 Å². The first-order valence-electron chi connectivity index (χ1n) is 2.62. The quantitative estimate of drug-likeness (QED) is 0.501. The van der Waals surface area contributed by atoms with Crippen molar-refractivity contribution in [3.05, 3.63) is 0 Å². The first-order valence-corrected chi connectivity index (χ1v) is 2.62. The van der Waals surface area contributed by atoms with E-state index in [2.05, 4.69) is 33.3 Å². The van der Waals surface area contributed by atoms with Crippen LogP contribution in [-0.4, -0.2) is 19.8 Å². The highest BCUT2D eigenvalue weighted by Gasteiger charge is 2.10. The third-order valence-corrected chi connectivity index (χ3v) is 1.37. The number of hydrogen-bond acceptors (Lipinski definition) is 1. The maximum absolute atomic E-state index is 3.14. The van der Waals surface area contributed by atoms with Crippen molar-refractivity contribution in [3.63, 3.8) is 0 Å². The summed E-state index contributed by atoms with van der Waals surface area (Å²) >= 11 is 0. The second-order valence-corrected chi connectivity index (χ2v) is 2.26. The van der Waals surface area contributed by atoms with E-state index in [1.807, 2.05) is 7.05 Å². The van der Waals surface area contributed by atoms with Crippen molar-refractivity contribution < 1.29 is 0 Å². The third kappa shape index (κ3) is 2.69. The second kappa shape index (κ2) is 2.36. The van der Waals surface area contributed by atoms with E-state index in [1.165, 1.54) is 0 Å². The molecule has 0 aromatic carbocycles. The summed E-state index contributed by atoms with van der Waals surface area (Å²) < 4.78 is 0. The standard InChI is InChI=1S/C5H13BN/c1-5(2,6-3)7-4/h7H,1-4H3. The predicted octanol–water partition coefficient (Wildman–Crippen LogP) is 0.694. The molecule has 7 heavy (non-hydrogen) atoms. The normalized spacial score (nSPS) is 11.4. The zero-order valence-corrected chi connectivity index (χ0v) is 5.58. The van der Waals surface area contributed by atoms with Crippen LogP contribution in [0.4, 0.5) is 0 Å². The van der Waals surface area contributed by atoms with Crippen molar-refractivity contribution in [2.75, 3.05) is 7.05 Å². The predicted molar refractivity (Wildman–Crippen MR) is 34.8 cm³/mol. The molecule has 1 nitrogen and oxygen atoms in total. The van der Waals surface area contributed by atoms with Gasteiger partial charge in [0.1, 0.15) is 7.28 Å². The molecule has 0 unspecified atom stereocenters. The van der Waals surface area contributed by atoms with Crippen molar-refractivity contribution in [2.45, 2.75) is 26.1 Å². The van der Waals surface area contributed by atoms with Gasteiger partial charge in [-0.25, -0.2) is 0 Å². The molecule has 0 bridgehead atoms. The van der Waals surface area contributed by atoms with Crippen LogP contribution in [0.3, 0.4) is 0 Å². The largest absolute Gasteiger partial charge is 0.322 e. The van der Waals surface area contributed by atoms with Crippen molar-refractivity contribution in [3.8, 4) is 0 Å². The monoisotopic (exact) mass is 98.1 g/mol. The van der Waals surface area contributed by atoms with Crippen LogP contribution in [0, 0.1) is 0 Å². The van der Waals surface area contributed by atoms with Gasteiger partial charge in [-0.1, -0.05) is 20.7 Å². The minimum atomic E-state index is 0.208. The Morgan fingerprint density at radius 1 is 1.43 bits per heavy atom. The molecule has 41 valence electrons. The van der Waals surface area contributed by atoms with E-state index in [-0.39, 0.29) is 5.44 Å². The minimum absolute atomic E-state index is 0.208. The molecule has 0 amide bonds. The van der Waals surface area contributed by atoms with Crippen LogP contribution in [-0.2, 0) is 0 Å². The summed E-state index contributed by atoms with van der Waals surface area (Å²) in [7, 11) is 4.09. The fourth-order valence-electron chi connectivity index (χ4n) is 0.144. The summed E-state index contributed by atoms with van der Waals surface area (Å²) in [6.45, 7) is 6.32. The van der Waals surface area contributed by atoms with Crippen LogP contribution in [0.1, 0.15) is 13.8 Å². The SMILES string of the molecule is C[B]C(C)(C)NC. The lowest BCUT2D eigenvalue weighted by atomic mass is 9.62. The van der Waals surface area contributed by atoms with Crippen LogP contribution in [0.15, 0.2) is 0 Å². The van der Waals surface area contributed by atoms with E-state index in [0.717, 1.165) is 0 Å². The van der Waals surface area contributed by atoms with Gasteiger partial charge in [-0.3, -0.25) is 0 Å². The van der Waals surface area contributed by atoms with Gasteiger partial charge in [0.15, 0.2) is 0 Å². The molecular formula is C5H13BN. The Morgan fingerprint density at radius 3 is 1.86 bits per heavy atom. The molecule has 1 N–H and O–H groups in total. The lowest BCUT2D eigenvalue weighted by Crippen LogP contribution is -2.40. The highest BCUT2D eigenvalue weighted by Crippen LogP contribution is 1.94. The summed E-state index contributed by atoms with van der Waals surface area (Å²) in [5.74, 6) is 0. The molecule has 2 heteroatoms. The molecule has 0 aliphatic rings. The summed E-state index contributed by atoms with van der Waals surface area (Å²) in [6.07, 6.45) is 0. The molecule has 1 radical (unpaired) electrons. The highest BCUT2D eigenvalue weighted by atomic mass is 14.9. The summed E-state index contributed by atoms with van der Waals surface area (Å²) in [5, 5.41) is 3.14. The van der Waals surface area contributed by atoms with Gasteiger partial charge in [0.05, 0.1) is 0 Å². The molecule has 0 aromatic heterocycles. The summed E-state index contributed by atoms with van der Waals surface area (Å²) in [4.78, 5) is 0. The molecular weight excluding hydrogens is 84.9 g/mol. The highest BCUT2D eigenvalue weighted by molar-refractivity contribution is 6.37. The molecule has 0 saturated heterocycles. The van der Waals surface area contributed by atoms with Gasteiger partial charge >= 0.3 is 0 Å². The molecule has 0 rings (SSSR count). The lowest BCUT2D eigenvalue weighted by molar-refractivity contribution is 0.587. The van der Waals surface area contributed by atoms with Crippen LogP contribution in [0.2, 0.25) is 6.82 Å². The van der Waals surface area contributed by atoms with Crippen molar-refractivity contribution in [1.29, 1.82) is 0 Å². The molecule has 0 heterocycles. The number of rotatable bonds is 2. The van der Waals surface area contributed by atoms with E-state index >= 15 is 0 Å². The topological polar surface area (TPSA) is 12.0 Å². The van der Waals surface area contributed by atoms with E-state index in [9.17, 15) is 0 Å². The van der Waals surface area contributed by atoms with Crippen LogP contribution < -0.4 is 5.32 Å². The fraction of sp³-hybridized carbons (Fsp3) is 1.00. The number of hydrogen-bond donors (Lipinski definition) is 1. The zero-order valence-electron chi connectivity index (χ0n) is 5.58. The molecule has 0 spiro atoms. The average Bonchev–Trinajstić information content (AvgIpc) is 1.68. The zero-order chi connectivity index (χ0) is 5.91. The van der Waals surface area contributed by atoms with Gasteiger partial charge in [-0.05, 0) is 12.5 Å². The molecule has 0 atom stereocenters. The Kier molecular flexibility index (Phi) is 2.37. The van der Waals surface area contributed by atoms with E-state index in [0.29, 0.717) is 0 Å². The molecule has 0 aromatic rings. The van der Waals surface area contributed by atoms with Gasteiger partial charge in [0.25, 0.3) is 0 Å². The first kappa shape index (κ1) is 7.02. The summed E-state index contributed by atoms with van der Waals surface area (Å²) in [5.41, 5.74) is 0.208. The van der Waals surface area contributed by atoms with Gasteiger partial charge in [0.2, 0.25) is 0 Å². The Hall–Kier alpha value is 0.0249. The van der Waals surface area contributed by atoms with Gasteiger partial charge in [-0.2, -0.15) is 0 Å². The maximum Gasteiger partial charge on any atom is 0.132 e. The Labute approximate surface area is 46.7 Å². The van der Waals surface area contributed by atoms with Crippen molar-refractivity contribution >= 4 is 7.28 Å². The Morgan fingerprint density at radius 2 is 1.86 bits per heavy atom. The van der Waals surface area contributed by atoms with Crippen LogP contribution >= 0.6 is 0 Å².